The van der Waals surface area contributed by atoms with Gasteiger partial charge in [-0.15, -0.1) is 0 Å². The smallest absolute Gasteiger partial charge is 0.325 e. The maximum atomic E-state index is 12.4. The Morgan fingerprint density at radius 3 is 2.63 bits per heavy atom. The molecule has 1 aromatic rings. The lowest BCUT2D eigenvalue weighted by atomic mass is 10.1. The van der Waals surface area contributed by atoms with Crippen molar-refractivity contribution in [3.63, 3.8) is 0 Å². The zero-order valence-corrected chi connectivity index (χ0v) is 15.8. The number of nitrogens with zero attached hydrogens (tertiary/aromatic N) is 4. The summed E-state index contributed by atoms with van der Waals surface area (Å²) in [6, 6.07) is 9.21. The van der Waals surface area contributed by atoms with Crippen LogP contribution in [-0.2, 0) is 4.79 Å². The fraction of sp³-hybridized carbons (Fsp3) is 0.421. The van der Waals surface area contributed by atoms with Crippen molar-refractivity contribution in [2.75, 3.05) is 25.5 Å². The zero-order chi connectivity index (χ0) is 19.1. The third-order valence-electron chi connectivity index (χ3n) is 5.43. The predicted octanol–water partition coefficient (Wildman–Crippen LogP) is 1.60. The highest BCUT2D eigenvalue weighted by Gasteiger charge is 2.52. The quantitative estimate of drug-likeness (QED) is 0.772. The predicted molar refractivity (Wildman–Crippen MR) is 103 cm³/mol. The van der Waals surface area contributed by atoms with Gasteiger partial charge in [0.05, 0.1) is 0 Å². The van der Waals surface area contributed by atoms with Gasteiger partial charge in [0.1, 0.15) is 0 Å². The third kappa shape index (κ3) is 2.81. The van der Waals surface area contributed by atoms with Crippen LogP contribution in [0.3, 0.4) is 0 Å². The Kier molecular flexibility index (Phi) is 4.25. The molecule has 2 unspecified atom stereocenters. The average Bonchev–Trinajstić information content (AvgIpc) is 3.16. The molecule has 3 aliphatic heterocycles. The van der Waals surface area contributed by atoms with Crippen LogP contribution in [0.25, 0.3) is 0 Å². The molecule has 8 heteroatoms. The van der Waals surface area contributed by atoms with Gasteiger partial charge in [-0.2, -0.15) is 0 Å². The molecule has 3 heterocycles. The molecular weight excluding hydrogens is 344 g/mol. The summed E-state index contributed by atoms with van der Waals surface area (Å²) >= 11 is 0. The van der Waals surface area contributed by atoms with Crippen molar-refractivity contribution in [2.45, 2.75) is 32.5 Å². The van der Waals surface area contributed by atoms with Crippen molar-refractivity contribution in [1.82, 2.24) is 20.0 Å². The number of hydrogen-bond acceptors (Lipinski definition) is 6. The Hall–Kier alpha value is -3.03. The van der Waals surface area contributed by atoms with Gasteiger partial charge in [0.25, 0.3) is 5.91 Å². The second-order valence-electron chi connectivity index (χ2n) is 7.03. The Balaban J connectivity index is 1.46. The normalized spacial score (nSPS) is 24.1. The van der Waals surface area contributed by atoms with Crippen LogP contribution in [0, 0.1) is 0 Å². The Morgan fingerprint density at radius 1 is 1.15 bits per heavy atom. The number of fused-ring (bicyclic) bond motifs is 3. The molecule has 0 saturated carbocycles. The number of aliphatic imine (C=N–C) groups is 1. The maximum Gasteiger partial charge on any atom is 0.325 e. The van der Waals surface area contributed by atoms with Gasteiger partial charge in [0, 0.05) is 37.2 Å². The minimum atomic E-state index is -0.495. The molecule has 142 valence electrons. The molecule has 0 bridgehead atoms. The lowest BCUT2D eigenvalue weighted by Gasteiger charge is -2.35. The molecule has 0 radical (unpaired) electrons. The molecule has 27 heavy (non-hydrogen) atoms. The van der Waals surface area contributed by atoms with E-state index in [-0.39, 0.29) is 5.91 Å². The highest BCUT2D eigenvalue weighted by molar-refractivity contribution is 6.05. The summed E-state index contributed by atoms with van der Waals surface area (Å²) in [6.07, 6.45) is 0.442. The number of urea groups is 1. The van der Waals surface area contributed by atoms with Gasteiger partial charge in [-0.05, 0) is 32.4 Å². The first-order chi connectivity index (χ1) is 13.0. The van der Waals surface area contributed by atoms with Gasteiger partial charge in [0.15, 0.2) is 12.2 Å². The highest BCUT2D eigenvalue weighted by Crippen LogP contribution is 2.36. The zero-order valence-electron chi connectivity index (χ0n) is 15.8. The van der Waals surface area contributed by atoms with Gasteiger partial charge >= 0.3 is 6.03 Å². The van der Waals surface area contributed by atoms with Gasteiger partial charge < -0.3 is 15.1 Å². The maximum absolute atomic E-state index is 12.4. The van der Waals surface area contributed by atoms with Crippen LogP contribution >= 0.6 is 0 Å². The SMILES string of the molecule is CC1=C(C)N2C(=NC3C2C(=O)NC(=O)N3C)N1CCCNc1ccccc1. The lowest BCUT2D eigenvalue weighted by Crippen LogP contribution is -2.63. The molecule has 4 rings (SSSR count). The second kappa shape index (κ2) is 6.61. The van der Waals surface area contributed by atoms with E-state index in [4.69, 9.17) is 4.99 Å². The number of carbonyl (C=O) groups excluding carboxylic acids is 2. The van der Waals surface area contributed by atoms with E-state index < -0.39 is 18.2 Å². The molecule has 0 aliphatic carbocycles. The van der Waals surface area contributed by atoms with Gasteiger partial charge in [-0.1, -0.05) is 18.2 Å². The number of nitrogens with one attached hydrogen (secondary N) is 2. The summed E-state index contributed by atoms with van der Waals surface area (Å²) in [7, 11) is 1.67. The molecule has 2 atom stereocenters. The van der Waals surface area contributed by atoms with Gasteiger partial charge in [0.2, 0.25) is 5.96 Å². The monoisotopic (exact) mass is 368 g/mol. The van der Waals surface area contributed by atoms with E-state index in [1.54, 1.807) is 7.05 Å². The number of benzene rings is 1. The molecule has 3 aliphatic rings. The molecule has 0 spiro atoms. The average molecular weight is 368 g/mol. The first-order valence-electron chi connectivity index (χ1n) is 9.17. The topological polar surface area (TPSA) is 80.3 Å². The molecule has 2 N–H and O–H groups in total. The summed E-state index contributed by atoms with van der Waals surface area (Å²) in [6.45, 7) is 5.67. The van der Waals surface area contributed by atoms with Crippen LogP contribution in [0.2, 0.25) is 0 Å². The van der Waals surface area contributed by atoms with Crippen LogP contribution in [0.5, 0.6) is 0 Å². The van der Waals surface area contributed by atoms with E-state index >= 15 is 0 Å². The van der Waals surface area contributed by atoms with Crippen molar-refractivity contribution in [3.05, 3.63) is 41.7 Å². The van der Waals surface area contributed by atoms with Crippen LogP contribution in [-0.4, -0.2) is 64.9 Å². The Bertz CT molecular complexity index is 834. The molecule has 0 aromatic heterocycles. The van der Waals surface area contributed by atoms with Gasteiger partial charge in [-0.3, -0.25) is 15.0 Å². The van der Waals surface area contributed by atoms with E-state index in [0.717, 1.165) is 42.6 Å². The first-order valence-corrected chi connectivity index (χ1v) is 9.17. The minimum Gasteiger partial charge on any atom is -0.385 e. The molecule has 3 amide bonds. The molecule has 1 fully saturated rings. The summed E-state index contributed by atoms with van der Waals surface area (Å²) in [4.78, 5) is 34.7. The number of guanidine groups is 1. The van der Waals surface area contributed by atoms with Crippen molar-refractivity contribution >= 4 is 23.6 Å². The number of anilines is 1. The van der Waals surface area contributed by atoms with Crippen molar-refractivity contribution in [3.8, 4) is 0 Å². The number of carbonyl (C=O) groups is 2. The summed E-state index contributed by atoms with van der Waals surface area (Å²) in [5.41, 5.74) is 3.21. The summed E-state index contributed by atoms with van der Waals surface area (Å²) in [5, 5.41) is 5.83. The number of amides is 3. The first kappa shape index (κ1) is 17.4. The standard InChI is InChI=1S/C19H24N6O2/c1-12-13(2)25-15-16(23(3)19(27)22-17(15)26)21-18(25)24(12)11-7-10-20-14-8-5-4-6-9-14/h4-6,8-9,15-16,20H,7,10-11H2,1-3H3,(H,22,26,27). The Labute approximate surface area is 158 Å². The van der Waals surface area contributed by atoms with E-state index in [0.29, 0.717) is 0 Å². The number of rotatable bonds is 5. The van der Waals surface area contributed by atoms with Crippen LogP contribution in [0.1, 0.15) is 20.3 Å². The molecule has 1 aromatic carbocycles. The summed E-state index contributed by atoms with van der Waals surface area (Å²) in [5.74, 6) is 0.470. The van der Waals surface area contributed by atoms with Crippen LogP contribution in [0.4, 0.5) is 10.5 Å². The van der Waals surface area contributed by atoms with Gasteiger partial charge in [-0.25, -0.2) is 9.79 Å². The minimum absolute atomic E-state index is 0.290. The van der Waals surface area contributed by atoms with E-state index in [9.17, 15) is 9.59 Å². The van der Waals surface area contributed by atoms with E-state index in [2.05, 4.69) is 15.5 Å². The lowest BCUT2D eigenvalue weighted by molar-refractivity contribution is -0.126. The fourth-order valence-electron chi connectivity index (χ4n) is 3.82. The molecular formula is C19H24N6O2. The molecule has 8 nitrogen and oxygen atoms in total. The number of imide groups is 1. The number of para-hydroxylation sites is 1. The number of likely N-dealkylation sites (N-methyl/N-ethyl adjacent to an activating group) is 1. The number of allylic oxidation sites excluding steroid dienone is 2. The Morgan fingerprint density at radius 2 is 1.89 bits per heavy atom. The van der Waals surface area contributed by atoms with Crippen LogP contribution in [0.15, 0.2) is 46.7 Å². The fourth-order valence-corrected chi connectivity index (χ4v) is 3.82. The largest absolute Gasteiger partial charge is 0.385 e. The number of hydrogen-bond donors (Lipinski definition) is 2. The third-order valence-corrected chi connectivity index (χ3v) is 5.43. The summed E-state index contributed by atoms with van der Waals surface area (Å²) < 4.78 is 0. The van der Waals surface area contributed by atoms with Crippen molar-refractivity contribution < 1.29 is 9.59 Å². The molecule has 1 saturated heterocycles. The van der Waals surface area contributed by atoms with Crippen LogP contribution < -0.4 is 10.6 Å². The van der Waals surface area contributed by atoms with Crippen molar-refractivity contribution in [2.24, 2.45) is 4.99 Å². The highest BCUT2D eigenvalue weighted by atomic mass is 16.2. The van der Waals surface area contributed by atoms with Crippen molar-refractivity contribution in [1.29, 1.82) is 0 Å². The second-order valence-corrected chi connectivity index (χ2v) is 7.03. The van der Waals surface area contributed by atoms with E-state index in [1.165, 1.54) is 4.90 Å². The van der Waals surface area contributed by atoms with E-state index in [1.807, 2.05) is 49.1 Å².